The van der Waals surface area contributed by atoms with E-state index in [4.69, 9.17) is 15.9 Å². The van der Waals surface area contributed by atoms with E-state index in [2.05, 4.69) is 19.2 Å². The summed E-state index contributed by atoms with van der Waals surface area (Å²) in [7, 11) is -3.80. The average molecular weight is 635 g/mol. The van der Waals surface area contributed by atoms with E-state index in [0.29, 0.717) is 53.4 Å². The van der Waals surface area contributed by atoms with Gasteiger partial charge in [-0.3, -0.25) is 9.59 Å². The molecule has 3 heterocycles. The molecule has 2 aliphatic heterocycles. The SMILES string of the molecule is Cc1nn(-c2ccc(C(N)=O)c(NC3CCN(S(=O)(=O)c4ccc(C(=O)O)cc4)CC3)c2)c2c1C(=O)N(CC1CC1)C(C)(C)C2. The fourth-order valence-corrected chi connectivity index (χ4v) is 7.88. The number of piperidine rings is 1. The first-order valence-corrected chi connectivity index (χ1v) is 16.6. The van der Waals surface area contributed by atoms with Crippen molar-refractivity contribution in [2.24, 2.45) is 11.7 Å². The summed E-state index contributed by atoms with van der Waals surface area (Å²) in [5, 5.41) is 17.3. The van der Waals surface area contributed by atoms with E-state index < -0.39 is 21.9 Å². The quantitative estimate of drug-likeness (QED) is 0.322. The molecule has 0 radical (unpaired) electrons. The third kappa shape index (κ3) is 5.82. The number of benzene rings is 2. The van der Waals surface area contributed by atoms with Crippen molar-refractivity contribution in [2.75, 3.05) is 25.0 Å². The number of aryl methyl sites for hydroxylation is 1. The van der Waals surface area contributed by atoms with Gasteiger partial charge in [0.25, 0.3) is 11.8 Å². The van der Waals surface area contributed by atoms with E-state index in [1.807, 2.05) is 17.9 Å². The van der Waals surface area contributed by atoms with Gasteiger partial charge < -0.3 is 21.1 Å². The van der Waals surface area contributed by atoms with Gasteiger partial charge in [-0.15, -0.1) is 0 Å². The van der Waals surface area contributed by atoms with Gasteiger partial charge in [0, 0.05) is 43.3 Å². The molecule has 0 spiro atoms. The van der Waals surface area contributed by atoms with Crippen LogP contribution in [0.25, 0.3) is 5.69 Å². The van der Waals surface area contributed by atoms with E-state index in [0.717, 1.165) is 25.1 Å². The number of carbonyl (C=O) groups is 3. The number of aromatic carboxylic acids is 1. The number of hydrogen-bond donors (Lipinski definition) is 3. The lowest BCUT2D eigenvalue weighted by molar-refractivity contribution is 0.0487. The molecule has 3 aliphatic rings. The zero-order chi connectivity index (χ0) is 32.3. The van der Waals surface area contributed by atoms with Crippen LogP contribution in [0.4, 0.5) is 5.69 Å². The molecule has 3 aromatic rings. The Hall–Kier alpha value is -4.23. The Morgan fingerprint density at radius 1 is 1.07 bits per heavy atom. The zero-order valence-corrected chi connectivity index (χ0v) is 26.4. The Balaban J connectivity index is 1.22. The molecule has 2 fully saturated rings. The van der Waals surface area contributed by atoms with Gasteiger partial charge in [-0.25, -0.2) is 17.9 Å². The Morgan fingerprint density at radius 2 is 1.73 bits per heavy atom. The van der Waals surface area contributed by atoms with Crippen LogP contribution in [0.2, 0.25) is 0 Å². The lowest BCUT2D eigenvalue weighted by atomic mass is 9.87. The molecule has 1 saturated heterocycles. The minimum Gasteiger partial charge on any atom is -0.478 e. The van der Waals surface area contributed by atoms with Crippen LogP contribution in [0.15, 0.2) is 47.4 Å². The van der Waals surface area contributed by atoms with Crippen molar-refractivity contribution in [1.29, 1.82) is 0 Å². The number of aromatic nitrogens is 2. The third-order valence-corrected chi connectivity index (χ3v) is 11.1. The second-order valence-corrected chi connectivity index (χ2v) is 14.9. The van der Waals surface area contributed by atoms with Crippen molar-refractivity contribution in [1.82, 2.24) is 19.0 Å². The predicted molar refractivity (Wildman–Crippen MR) is 167 cm³/mol. The molecule has 1 saturated carbocycles. The van der Waals surface area contributed by atoms with E-state index >= 15 is 0 Å². The van der Waals surface area contributed by atoms with E-state index in [1.165, 1.54) is 28.6 Å². The number of anilines is 1. The molecule has 45 heavy (non-hydrogen) atoms. The van der Waals surface area contributed by atoms with Crippen LogP contribution in [0.1, 0.15) is 82.0 Å². The fraction of sp³-hybridized carbons (Fsp3) is 0.438. The number of carboxylic acids is 1. The lowest BCUT2D eigenvalue weighted by Gasteiger charge is -2.42. The molecular weight excluding hydrogens is 596 g/mol. The van der Waals surface area contributed by atoms with Crippen LogP contribution in [0.5, 0.6) is 0 Å². The number of primary amides is 1. The smallest absolute Gasteiger partial charge is 0.335 e. The molecule has 4 N–H and O–H groups in total. The zero-order valence-electron chi connectivity index (χ0n) is 25.6. The summed E-state index contributed by atoms with van der Waals surface area (Å²) >= 11 is 0. The molecule has 0 atom stereocenters. The van der Waals surface area contributed by atoms with Crippen molar-refractivity contribution >= 4 is 33.5 Å². The van der Waals surface area contributed by atoms with E-state index in [-0.39, 0.29) is 41.0 Å². The maximum absolute atomic E-state index is 13.7. The maximum atomic E-state index is 13.7. The molecule has 2 aromatic carbocycles. The van der Waals surface area contributed by atoms with Crippen LogP contribution in [0, 0.1) is 12.8 Å². The van der Waals surface area contributed by atoms with Crippen LogP contribution < -0.4 is 11.1 Å². The number of hydrogen-bond acceptors (Lipinski definition) is 7. The van der Waals surface area contributed by atoms with Gasteiger partial charge in [0.05, 0.1) is 38.7 Å². The highest BCUT2D eigenvalue weighted by Crippen LogP contribution is 2.38. The monoisotopic (exact) mass is 634 g/mol. The summed E-state index contributed by atoms with van der Waals surface area (Å²) in [6.07, 6.45) is 3.90. The highest BCUT2D eigenvalue weighted by atomic mass is 32.2. The molecule has 2 amide bonds. The van der Waals surface area contributed by atoms with Gasteiger partial charge in [-0.2, -0.15) is 9.40 Å². The van der Waals surface area contributed by atoms with Gasteiger partial charge in [0.1, 0.15) is 0 Å². The number of nitrogens with two attached hydrogens (primary N) is 1. The highest BCUT2D eigenvalue weighted by molar-refractivity contribution is 7.89. The molecule has 0 unspecified atom stereocenters. The number of fused-ring (bicyclic) bond motifs is 1. The lowest BCUT2D eigenvalue weighted by Crippen LogP contribution is -2.53. The van der Waals surface area contributed by atoms with Crippen LogP contribution in [-0.4, -0.2) is 81.5 Å². The second kappa shape index (κ2) is 11.3. The molecule has 6 rings (SSSR count). The van der Waals surface area contributed by atoms with Crippen molar-refractivity contribution in [3.8, 4) is 5.69 Å². The molecule has 238 valence electrons. The molecule has 13 heteroatoms. The number of rotatable bonds is 9. The molecule has 1 aromatic heterocycles. The Bertz CT molecular complexity index is 1790. The summed E-state index contributed by atoms with van der Waals surface area (Å²) in [4.78, 5) is 39.3. The number of nitrogens with one attached hydrogen (secondary N) is 1. The van der Waals surface area contributed by atoms with Gasteiger partial charge in [-0.1, -0.05) is 0 Å². The van der Waals surface area contributed by atoms with Crippen molar-refractivity contribution in [3.05, 3.63) is 70.5 Å². The summed E-state index contributed by atoms with van der Waals surface area (Å²) < 4.78 is 29.6. The third-order valence-electron chi connectivity index (χ3n) is 9.15. The molecule has 0 bridgehead atoms. The molecule has 1 aliphatic carbocycles. The highest BCUT2D eigenvalue weighted by Gasteiger charge is 2.43. The first-order chi connectivity index (χ1) is 21.3. The average Bonchev–Trinajstić information content (AvgIpc) is 3.76. The summed E-state index contributed by atoms with van der Waals surface area (Å²) in [5.41, 5.74) is 9.01. The van der Waals surface area contributed by atoms with Crippen molar-refractivity contribution in [2.45, 2.75) is 69.4 Å². The van der Waals surface area contributed by atoms with E-state index in [9.17, 15) is 22.8 Å². The van der Waals surface area contributed by atoms with Crippen molar-refractivity contribution in [3.63, 3.8) is 0 Å². The second-order valence-electron chi connectivity index (χ2n) is 12.9. The van der Waals surface area contributed by atoms with Gasteiger partial charge in [-0.05, 0) is 94.8 Å². The summed E-state index contributed by atoms with van der Waals surface area (Å²) in [5.74, 6) is -1.15. The summed E-state index contributed by atoms with van der Waals surface area (Å²) in [6, 6.07) is 10.3. The minimum atomic E-state index is -3.80. The topological polar surface area (TPSA) is 168 Å². The Morgan fingerprint density at radius 3 is 2.33 bits per heavy atom. The first-order valence-electron chi connectivity index (χ1n) is 15.2. The van der Waals surface area contributed by atoms with Gasteiger partial charge in [0.15, 0.2) is 0 Å². The Labute approximate surface area is 262 Å². The standard InChI is InChI=1S/C32H38N6O6S/c1-19-28-27(17-32(2,3)37(30(28)40)18-20-4-5-20)38(35-19)23-8-11-25(29(33)39)26(16-23)34-22-12-14-36(15-13-22)45(43,44)24-9-6-21(7-10-24)31(41)42/h6-11,16,20,22,34H,4-5,12-15,17-18H2,1-3H3,(H2,33,39)(H,41,42). The Kier molecular flexibility index (Phi) is 7.72. The van der Waals surface area contributed by atoms with E-state index in [1.54, 1.807) is 16.8 Å². The molecular formula is C32H38N6O6S. The van der Waals surface area contributed by atoms with Gasteiger partial charge in [0.2, 0.25) is 10.0 Å². The number of sulfonamides is 1. The maximum Gasteiger partial charge on any atom is 0.335 e. The fourth-order valence-electron chi connectivity index (χ4n) is 6.41. The van der Waals surface area contributed by atoms with Crippen LogP contribution in [-0.2, 0) is 16.4 Å². The number of carboxylic acid groups (broad SMARTS) is 1. The van der Waals surface area contributed by atoms with Crippen LogP contribution in [0.3, 0.4) is 0 Å². The molecule has 12 nitrogen and oxygen atoms in total. The van der Waals surface area contributed by atoms with Crippen molar-refractivity contribution < 1.29 is 27.9 Å². The number of amides is 2. The minimum absolute atomic E-state index is 0.00328. The van der Waals surface area contributed by atoms with Crippen LogP contribution >= 0.6 is 0 Å². The largest absolute Gasteiger partial charge is 0.478 e. The first kappa shape index (κ1) is 30.8. The number of nitrogens with zero attached hydrogens (tertiary/aromatic N) is 4. The normalized spacial score (nSPS) is 18.9. The predicted octanol–water partition coefficient (Wildman–Crippen LogP) is 3.43. The summed E-state index contributed by atoms with van der Waals surface area (Å²) in [6.45, 7) is 7.27. The van der Waals surface area contributed by atoms with Gasteiger partial charge >= 0.3 is 5.97 Å². The number of carbonyl (C=O) groups excluding carboxylic acids is 2.